The summed E-state index contributed by atoms with van der Waals surface area (Å²) in [5.74, 6) is -0.126. The molecule has 5 atom stereocenters. The molecular formula is C16H24O4. The van der Waals surface area contributed by atoms with Crippen molar-refractivity contribution >= 4 is 11.8 Å². The third kappa shape index (κ3) is 1.77. The number of ketones is 1. The topological polar surface area (TPSA) is 52.6 Å². The molecule has 2 aliphatic heterocycles. The van der Waals surface area contributed by atoms with Gasteiger partial charge in [-0.15, -0.1) is 0 Å². The summed E-state index contributed by atoms with van der Waals surface area (Å²) in [7, 11) is 1.34. The highest BCUT2D eigenvalue weighted by Crippen LogP contribution is 2.59. The molecule has 0 aromatic heterocycles. The number of ether oxygens (including phenoxy) is 2. The number of esters is 1. The Morgan fingerprint density at radius 2 is 2.10 bits per heavy atom. The summed E-state index contributed by atoms with van der Waals surface area (Å²) in [6.45, 7) is 6.48. The van der Waals surface area contributed by atoms with Crippen LogP contribution in [-0.2, 0) is 19.1 Å². The lowest BCUT2D eigenvalue weighted by molar-refractivity contribution is -0.242. The fraction of sp³-hybridized carbons (Fsp3) is 0.875. The maximum Gasteiger partial charge on any atom is 0.318 e. The molecular weight excluding hydrogens is 256 g/mol. The Kier molecular flexibility index (Phi) is 3.02. The lowest BCUT2D eigenvalue weighted by Crippen LogP contribution is -2.63. The van der Waals surface area contributed by atoms with Crippen LogP contribution in [0, 0.1) is 23.2 Å². The fourth-order valence-corrected chi connectivity index (χ4v) is 4.74. The van der Waals surface area contributed by atoms with Crippen LogP contribution >= 0.6 is 0 Å². The summed E-state index contributed by atoms with van der Waals surface area (Å²) in [5.41, 5.74) is -0.469. The number of hydrogen-bond acceptors (Lipinski definition) is 4. The Labute approximate surface area is 120 Å². The molecule has 1 saturated carbocycles. The van der Waals surface area contributed by atoms with Gasteiger partial charge < -0.3 is 9.47 Å². The lowest BCUT2D eigenvalue weighted by atomic mass is 9.60. The molecule has 2 bridgehead atoms. The Hall–Kier alpha value is -0.900. The predicted octanol–water partition coefficient (Wildman–Crippen LogP) is 2.35. The molecule has 3 fully saturated rings. The summed E-state index contributed by atoms with van der Waals surface area (Å²) in [4.78, 5) is 24.6. The van der Waals surface area contributed by atoms with Crippen molar-refractivity contribution in [1.82, 2.24) is 0 Å². The first kappa shape index (κ1) is 14.1. The number of carbonyl (C=O) groups is 2. The number of rotatable bonds is 1. The van der Waals surface area contributed by atoms with E-state index in [9.17, 15) is 9.59 Å². The third-order valence-corrected chi connectivity index (χ3v) is 5.84. The van der Waals surface area contributed by atoms with Crippen LogP contribution in [0.1, 0.15) is 46.5 Å². The molecule has 0 aromatic rings. The van der Waals surface area contributed by atoms with E-state index in [0.29, 0.717) is 18.3 Å². The minimum atomic E-state index is -0.738. The van der Waals surface area contributed by atoms with Gasteiger partial charge in [-0.25, -0.2) is 0 Å². The molecule has 3 aliphatic rings. The summed E-state index contributed by atoms with van der Waals surface area (Å²) < 4.78 is 11.2. The van der Waals surface area contributed by atoms with Crippen molar-refractivity contribution in [3.05, 3.63) is 0 Å². The normalized spacial score (nSPS) is 45.9. The molecule has 4 nitrogen and oxygen atoms in total. The minimum absolute atomic E-state index is 0.0139. The van der Waals surface area contributed by atoms with Crippen molar-refractivity contribution in [3.8, 4) is 0 Å². The van der Waals surface area contributed by atoms with Crippen LogP contribution in [0.2, 0.25) is 0 Å². The van der Waals surface area contributed by atoms with Crippen molar-refractivity contribution in [2.24, 2.45) is 23.2 Å². The Balaban J connectivity index is 2.00. The standard InChI is InChI=1S/C16H24O4/c1-9-5-6-16-8-11(17)12(14(18)19-4)13(20-16)15(2,3)7-10(9)16/h9-10,12-13H,5-8H2,1-4H3/t9-,10+,12?,13+,16+/m1/s1. The monoisotopic (exact) mass is 280 g/mol. The molecule has 0 amide bonds. The maximum absolute atomic E-state index is 12.6. The second-order valence-electron chi connectivity index (χ2n) is 7.56. The summed E-state index contributed by atoms with van der Waals surface area (Å²) in [6, 6.07) is 0. The first-order valence-corrected chi connectivity index (χ1v) is 7.59. The van der Waals surface area contributed by atoms with Gasteiger partial charge in [-0.3, -0.25) is 9.59 Å². The number of hydrogen-bond donors (Lipinski definition) is 0. The molecule has 4 heteroatoms. The zero-order valence-corrected chi connectivity index (χ0v) is 12.8. The Morgan fingerprint density at radius 1 is 1.40 bits per heavy atom. The van der Waals surface area contributed by atoms with E-state index in [-0.39, 0.29) is 22.9 Å². The van der Waals surface area contributed by atoms with E-state index in [0.717, 1.165) is 19.3 Å². The van der Waals surface area contributed by atoms with E-state index in [2.05, 4.69) is 20.8 Å². The highest BCUT2D eigenvalue weighted by molar-refractivity contribution is 6.01. The van der Waals surface area contributed by atoms with E-state index in [1.807, 2.05) is 0 Å². The third-order valence-electron chi connectivity index (χ3n) is 5.84. The molecule has 0 N–H and O–H groups in total. The maximum atomic E-state index is 12.6. The Morgan fingerprint density at radius 3 is 2.75 bits per heavy atom. The van der Waals surface area contributed by atoms with Gasteiger partial charge in [0.2, 0.25) is 0 Å². The van der Waals surface area contributed by atoms with Crippen LogP contribution in [0.5, 0.6) is 0 Å². The first-order chi connectivity index (χ1) is 9.31. The molecule has 3 rings (SSSR count). The van der Waals surface area contributed by atoms with E-state index in [1.165, 1.54) is 7.11 Å². The first-order valence-electron chi connectivity index (χ1n) is 7.59. The molecule has 2 saturated heterocycles. The number of fused-ring (bicyclic) bond motifs is 1. The second-order valence-corrected chi connectivity index (χ2v) is 7.56. The van der Waals surface area contributed by atoms with Crippen LogP contribution in [0.25, 0.3) is 0 Å². The van der Waals surface area contributed by atoms with Crippen LogP contribution in [0.3, 0.4) is 0 Å². The smallest absolute Gasteiger partial charge is 0.318 e. The molecule has 2 heterocycles. The van der Waals surface area contributed by atoms with Gasteiger partial charge in [0.15, 0.2) is 5.78 Å². The average molecular weight is 280 g/mol. The van der Waals surface area contributed by atoms with E-state index in [4.69, 9.17) is 9.47 Å². The van der Waals surface area contributed by atoms with Gasteiger partial charge in [0.05, 0.1) is 18.8 Å². The number of methoxy groups -OCH3 is 1. The van der Waals surface area contributed by atoms with Crippen molar-refractivity contribution in [1.29, 1.82) is 0 Å². The van der Waals surface area contributed by atoms with Crippen molar-refractivity contribution in [3.63, 3.8) is 0 Å². The van der Waals surface area contributed by atoms with Gasteiger partial charge in [0.25, 0.3) is 0 Å². The van der Waals surface area contributed by atoms with Gasteiger partial charge in [0, 0.05) is 6.42 Å². The van der Waals surface area contributed by atoms with Crippen LogP contribution in [0.4, 0.5) is 0 Å². The van der Waals surface area contributed by atoms with Crippen LogP contribution < -0.4 is 0 Å². The summed E-state index contributed by atoms with van der Waals surface area (Å²) in [5, 5.41) is 0. The minimum Gasteiger partial charge on any atom is -0.468 e. The van der Waals surface area contributed by atoms with Crippen LogP contribution in [0.15, 0.2) is 0 Å². The SMILES string of the molecule is COC(=O)C1C(=O)C[C@@]23CC[C@@H](C)[C@@H]2CC(C)(C)[C@H]1O3. The molecule has 1 aliphatic carbocycles. The molecule has 112 valence electrons. The van der Waals surface area contributed by atoms with Gasteiger partial charge >= 0.3 is 5.97 Å². The van der Waals surface area contributed by atoms with E-state index in [1.54, 1.807) is 0 Å². The van der Waals surface area contributed by atoms with Crippen LogP contribution in [-0.4, -0.2) is 30.6 Å². The van der Waals surface area contributed by atoms with E-state index >= 15 is 0 Å². The molecule has 1 unspecified atom stereocenters. The molecule has 0 radical (unpaired) electrons. The zero-order valence-electron chi connectivity index (χ0n) is 12.8. The van der Waals surface area contributed by atoms with Crippen molar-refractivity contribution < 1.29 is 19.1 Å². The quantitative estimate of drug-likeness (QED) is 0.546. The molecule has 20 heavy (non-hydrogen) atoms. The summed E-state index contributed by atoms with van der Waals surface area (Å²) in [6.07, 6.45) is 3.14. The van der Waals surface area contributed by atoms with E-state index < -0.39 is 11.9 Å². The highest BCUT2D eigenvalue weighted by Gasteiger charge is 2.64. The number of Topliss-reactive ketones (excluding diaryl/α,β-unsaturated/α-hetero) is 1. The fourth-order valence-electron chi connectivity index (χ4n) is 4.74. The summed E-state index contributed by atoms with van der Waals surface area (Å²) >= 11 is 0. The van der Waals surface area contributed by atoms with Gasteiger partial charge in [-0.05, 0) is 36.5 Å². The van der Waals surface area contributed by atoms with Gasteiger partial charge in [0.1, 0.15) is 5.92 Å². The number of carbonyl (C=O) groups excluding carboxylic acids is 2. The molecule has 0 aromatic carbocycles. The predicted molar refractivity (Wildman–Crippen MR) is 73.0 cm³/mol. The van der Waals surface area contributed by atoms with Crippen molar-refractivity contribution in [2.75, 3.05) is 7.11 Å². The second kappa shape index (κ2) is 4.30. The Bertz CT molecular complexity index is 455. The average Bonchev–Trinajstić information content (AvgIpc) is 2.66. The highest BCUT2D eigenvalue weighted by atomic mass is 16.5. The van der Waals surface area contributed by atoms with Gasteiger partial charge in [-0.1, -0.05) is 20.8 Å². The largest absolute Gasteiger partial charge is 0.468 e. The molecule has 1 spiro atoms. The zero-order chi connectivity index (χ0) is 14.7. The van der Waals surface area contributed by atoms with Crippen molar-refractivity contribution in [2.45, 2.75) is 58.2 Å². The lowest BCUT2D eigenvalue weighted by Gasteiger charge is -2.56. The van der Waals surface area contributed by atoms with Gasteiger partial charge in [-0.2, -0.15) is 0 Å².